The molecule has 0 atom stereocenters. The molecule has 0 unspecified atom stereocenters. The van der Waals surface area contributed by atoms with Gasteiger partial charge in [0.1, 0.15) is 0 Å². The van der Waals surface area contributed by atoms with Crippen LogP contribution < -0.4 is 4.90 Å². The zero-order valence-electron chi connectivity index (χ0n) is 29.8. The molecule has 3 heteroatoms. The lowest BCUT2D eigenvalue weighted by Crippen LogP contribution is -2.09. The molecule has 0 saturated carbocycles. The van der Waals surface area contributed by atoms with Gasteiger partial charge in [-0.15, -0.1) is 22.7 Å². The first kappa shape index (κ1) is 32.0. The van der Waals surface area contributed by atoms with Gasteiger partial charge < -0.3 is 4.90 Å². The molecular formula is C52H33NS2. The van der Waals surface area contributed by atoms with Crippen LogP contribution in [0, 0.1) is 0 Å². The van der Waals surface area contributed by atoms with Gasteiger partial charge in [-0.25, -0.2) is 0 Å². The van der Waals surface area contributed by atoms with Crippen LogP contribution in [-0.2, 0) is 0 Å². The van der Waals surface area contributed by atoms with E-state index in [1.54, 1.807) is 0 Å². The quantitative estimate of drug-likeness (QED) is 0.164. The maximum atomic E-state index is 2.39. The standard InChI is InChI=1S/C52H33NS2/c1-2-13-43-36(9-1)10-8-16-44(43)39-12-7-11-37(31-39)34-19-24-40(25-20-34)53(42-28-30-48-46-15-4-6-18-50(46)55-52(48)33-42)41-26-21-35(22-27-41)38-23-29-47-45-14-3-5-17-49(45)54-51(47)32-38/h1-33H. The molecule has 258 valence electrons. The van der Waals surface area contributed by atoms with Gasteiger partial charge in [0.15, 0.2) is 0 Å². The Labute approximate surface area is 327 Å². The lowest BCUT2D eigenvalue weighted by molar-refractivity contribution is 1.29. The third-order valence-corrected chi connectivity index (χ3v) is 13.1. The highest BCUT2D eigenvalue weighted by molar-refractivity contribution is 7.26. The topological polar surface area (TPSA) is 3.24 Å². The number of fused-ring (bicyclic) bond motifs is 7. The number of hydrogen-bond donors (Lipinski definition) is 0. The highest BCUT2D eigenvalue weighted by Crippen LogP contribution is 2.42. The molecule has 9 aromatic carbocycles. The van der Waals surface area contributed by atoms with Crippen molar-refractivity contribution < 1.29 is 0 Å². The minimum absolute atomic E-state index is 1.12. The number of anilines is 3. The Morgan fingerprint density at radius 2 is 0.745 bits per heavy atom. The molecule has 0 bridgehead atoms. The summed E-state index contributed by atoms with van der Waals surface area (Å²) >= 11 is 3.73. The Morgan fingerprint density at radius 3 is 1.44 bits per heavy atom. The Balaban J connectivity index is 0.979. The minimum atomic E-state index is 1.12. The molecule has 0 aliphatic heterocycles. The molecule has 2 heterocycles. The molecule has 0 radical (unpaired) electrons. The second kappa shape index (κ2) is 13.1. The Bertz CT molecular complexity index is 3200. The van der Waals surface area contributed by atoms with Crippen LogP contribution in [0.3, 0.4) is 0 Å². The lowest BCUT2D eigenvalue weighted by Gasteiger charge is -2.26. The van der Waals surface area contributed by atoms with Crippen molar-refractivity contribution in [2.45, 2.75) is 0 Å². The molecule has 0 N–H and O–H groups in total. The summed E-state index contributed by atoms with van der Waals surface area (Å²) in [7, 11) is 0. The zero-order chi connectivity index (χ0) is 36.3. The summed E-state index contributed by atoms with van der Waals surface area (Å²) in [6.45, 7) is 0. The summed E-state index contributed by atoms with van der Waals surface area (Å²) in [5, 5.41) is 7.81. The van der Waals surface area contributed by atoms with E-state index in [0.29, 0.717) is 0 Å². The average Bonchev–Trinajstić information content (AvgIpc) is 3.82. The SMILES string of the molecule is c1cc(-c2ccc(N(c3ccc(-c4ccc5c(c4)sc4ccccc45)cc3)c3ccc4c(c3)sc3ccccc34)cc2)cc(-c2cccc3ccccc23)c1. The summed E-state index contributed by atoms with van der Waals surface area (Å²) in [6, 6.07) is 73.4. The number of rotatable bonds is 6. The summed E-state index contributed by atoms with van der Waals surface area (Å²) in [6.07, 6.45) is 0. The first-order valence-corrected chi connectivity index (χ1v) is 20.3. The van der Waals surface area contributed by atoms with Gasteiger partial charge in [-0.3, -0.25) is 0 Å². The van der Waals surface area contributed by atoms with Crippen molar-refractivity contribution in [3.05, 3.63) is 200 Å². The van der Waals surface area contributed by atoms with E-state index >= 15 is 0 Å². The molecule has 2 aromatic heterocycles. The van der Waals surface area contributed by atoms with E-state index in [-0.39, 0.29) is 0 Å². The molecule has 0 amide bonds. The molecule has 11 aromatic rings. The maximum Gasteiger partial charge on any atom is 0.0476 e. The van der Waals surface area contributed by atoms with E-state index in [9.17, 15) is 0 Å². The highest BCUT2D eigenvalue weighted by Gasteiger charge is 2.16. The van der Waals surface area contributed by atoms with Crippen LogP contribution >= 0.6 is 22.7 Å². The van der Waals surface area contributed by atoms with Crippen LogP contribution in [0.4, 0.5) is 17.1 Å². The molecule has 11 rings (SSSR count). The summed E-state index contributed by atoms with van der Waals surface area (Å²) in [4.78, 5) is 2.39. The molecule has 55 heavy (non-hydrogen) atoms. The Hall–Kier alpha value is -6.52. The van der Waals surface area contributed by atoms with Crippen LogP contribution in [0.5, 0.6) is 0 Å². The fourth-order valence-corrected chi connectivity index (χ4v) is 10.4. The van der Waals surface area contributed by atoms with E-state index in [1.165, 1.54) is 84.5 Å². The number of benzene rings is 9. The predicted octanol–water partition coefficient (Wildman–Crippen LogP) is 16.0. The van der Waals surface area contributed by atoms with Crippen molar-refractivity contribution in [3.63, 3.8) is 0 Å². The summed E-state index contributed by atoms with van der Waals surface area (Å²) < 4.78 is 5.26. The van der Waals surface area contributed by atoms with Gasteiger partial charge >= 0.3 is 0 Å². The lowest BCUT2D eigenvalue weighted by atomic mass is 9.95. The van der Waals surface area contributed by atoms with Gasteiger partial charge in [-0.2, -0.15) is 0 Å². The number of nitrogens with zero attached hydrogens (tertiary/aromatic N) is 1. The van der Waals surface area contributed by atoms with E-state index in [2.05, 4.69) is 205 Å². The molecule has 0 aliphatic carbocycles. The number of hydrogen-bond acceptors (Lipinski definition) is 3. The van der Waals surface area contributed by atoms with Gasteiger partial charge in [0.05, 0.1) is 0 Å². The third kappa shape index (κ3) is 5.60. The summed E-state index contributed by atoms with van der Waals surface area (Å²) in [5.74, 6) is 0. The van der Waals surface area contributed by atoms with Crippen LogP contribution in [-0.4, -0.2) is 0 Å². The van der Waals surface area contributed by atoms with Crippen molar-refractivity contribution in [1.82, 2.24) is 0 Å². The largest absolute Gasteiger partial charge is 0.310 e. The van der Waals surface area contributed by atoms with Crippen LogP contribution in [0.2, 0.25) is 0 Å². The maximum absolute atomic E-state index is 2.39. The Morgan fingerprint density at radius 1 is 0.273 bits per heavy atom. The molecule has 0 aliphatic rings. The van der Waals surface area contributed by atoms with E-state index in [4.69, 9.17) is 0 Å². The van der Waals surface area contributed by atoms with E-state index < -0.39 is 0 Å². The monoisotopic (exact) mass is 735 g/mol. The third-order valence-electron chi connectivity index (χ3n) is 10.9. The molecule has 1 nitrogen and oxygen atoms in total. The van der Waals surface area contributed by atoms with Gasteiger partial charge in [-0.1, -0.05) is 140 Å². The fourth-order valence-electron chi connectivity index (χ4n) is 8.16. The molecule has 0 spiro atoms. The van der Waals surface area contributed by atoms with Gasteiger partial charge in [0, 0.05) is 57.4 Å². The van der Waals surface area contributed by atoms with Crippen LogP contribution in [0.25, 0.3) is 84.5 Å². The first-order valence-electron chi connectivity index (χ1n) is 18.7. The van der Waals surface area contributed by atoms with Crippen molar-refractivity contribution in [3.8, 4) is 33.4 Å². The van der Waals surface area contributed by atoms with E-state index in [1.807, 2.05) is 22.7 Å². The fraction of sp³-hybridized carbons (Fsp3) is 0. The van der Waals surface area contributed by atoms with Gasteiger partial charge in [0.25, 0.3) is 0 Å². The zero-order valence-corrected chi connectivity index (χ0v) is 31.4. The molecule has 0 fully saturated rings. The highest BCUT2D eigenvalue weighted by atomic mass is 32.1. The second-order valence-electron chi connectivity index (χ2n) is 14.1. The van der Waals surface area contributed by atoms with Crippen molar-refractivity contribution >= 4 is 90.9 Å². The second-order valence-corrected chi connectivity index (χ2v) is 16.3. The predicted molar refractivity (Wildman–Crippen MR) is 241 cm³/mol. The van der Waals surface area contributed by atoms with Gasteiger partial charge in [0.2, 0.25) is 0 Å². The van der Waals surface area contributed by atoms with Crippen LogP contribution in [0.15, 0.2) is 200 Å². The Kier molecular flexibility index (Phi) is 7.61. The summed E-state index contributed by atoms with van der Waals surface area (Å²) in [5.41, 5.74) is 10.7. The molecular weight excluding hydrogens is 703 g/mol. The first-order chi connectivity index (χ1) is 27.2. The smallest absolute Gasteiger partial charge is 0.0476 e. The van der Waals surface area contributed by atoms with E-state index in [0.717, 1.165) is 17.1 Å². The van der Waals surface area contributed by atoms with Crippen LogP contribution in [0.1, 0.15) is 0 Å². The normalized spacial score (nSPS) is 11.6. The minimum Gasteiger partial charge on any atom is -0.310 e. The van der Waals surface area contributed by atoms with Crippen molar-refractivity contribution in [2.75, 3.05) is 4.90 Å². The van der Waals surface area contributed by atoms with Gasteiger partial charge in [-0.05, 0) is 105 Å². The average molecular weight is 736 g/mol. The van der Waals surface area contributed by atoms with Crippen molar-refractivity contribution in [1.29, 1.82) is 0 Å². The van der Waals surface area contributed by atoms with Crippen molar-refractivity contribution in [2.24, 2.45) is 0 Å². The number of thiophene rings is 2. The molecule has 0 saturated heterocycles.